The van der Waals surface area contributed by atoms with E-state index < -0.39 is 12.0 Å². The number of nitrogens with zero attached hydrogens (tertiary/aromatic N) is 2. The third-order valence-electron chi connectivity index (χ3n) is 6.87. The quantitative estimate of drug-likeness (QED) is 0.150. The highest BCUT2D eigenvalue weighted by Gasteiger charge is 2.29. The minimum atomic E-state index is -0.949. The van der Waals surface area contributed by atoms with Crippen molar-refractivity contribution in [1.29, 1.82) is 0 Å². The Labute approximate surface area is 269 Å². The molecule has 0 saturated heterocycles. The average molecular weight is 628 g/mol. The van der Waals surface area contributed by atoms with Crippen LogP contribution in [0.15, 0.2) is 72.9 Å². The fraction of sp³-hybridized carbons (Fsp3) is 0.314. The summed E-state index contributed by atoms with van der Waals surface area (Å²) in [6.07, 6.45) is 1.48. The zero-order valence-electron chi connectivity index (χ0n) is 26.8. The van der Waals surface area contributed by atoms with Crippen LogP contribution in [0.2, 0.25) is 0 Å². The standard InChI is InChI=1S/C35H41N5O6/c1-6-44-30-14-11-26(19-31(30)46-22(3)4)33(39-28-12-13-29-25(18-28)15-16-37-34(29)36)35(43)40(21-32(42)45-7-2)20-24-9-8-10-27(17-24)38-23(5)41/h8-19,22,33,39H,6-7,20-21H2,1-5H3,(H2,36,37)(H,38,41). The van der Waals surface area contributed by atoms with Gasteiger partial charge < -0.3 is 35.5 Å². The molecule has 4 rings (SSSR count). The van der Waals surface area contributed by atoms with E-state index in [1.54, 1.807) is 49.5 Å². The summed E-state index contributed by atoms with van der Waals surface area (Å²) in [5.41, 5.74) is 8.62. The topological polar surface area (TPSA) is 145 Å². The summed E-state index contributed by atoms with van der Waals surface area (Å²) < 4.78 is 17.1. The highest BCUT2D eigenvalue weighted by Crippen LogP contribution is 2.34. The first kappa shape index (κ1) is 33.6. The lowest BCUT2D eigenvalue weighted by molar-refractivity contribution is -0.149. The molecule has 242 valence electrons. The maximum absolute atomic E-state index is 14.6. The molecular formula is C35H41N5O6. The fourth-order valence-corrected chi connectivity index (χ4v) is 5.00. The number of benzene rings is 3. The van der Waals surface area contributed by atoms with Crippen molar-refractivity contribution in [1.82, 2.24) is 9.88 Å². The van der Waals surface area contributed by atoms with Crippen molar-refractivity contribution >= 4 is 45.7 Å². The second-order valence-electron chi connectivity index (χ2n) is 10.9. The van der Waals surface area contributed by atoms with Crippen molar-refractivity contribution in [3.8, 4) is 11.5 Å². The molecule has 0 aliphatic rings. The summed E-state index contributed by atoms with van der Waals surface area (Å²) in [6.45, 7) is 9.24. The average Bonchev–Trinajstić information content (AvgIpc) is 3.00. The summed E-state index contributed by atoms with van der Waals surface area (Å²) in [5, 5.41) is 7.78. The van der Waals surface area contributed by atoms with Crippen LogP contribution in [-0.2, 0) is 25.7 Å². The number of anilines is 3. The summed E-state index contributed by atoms with van der Waals surface area (Å²) in [6, 6.07) is 18.9. The molecular weight excluding hydrogens is 586 g/mol. The molecule has 1 atom stereocenters. The molecule has 4 N–H and O–H groups in total. The Kier molecular flexibility index (Phi) is 11.4. The number of carbonyl (C=O) groups is 3. The SMILES string of the molecule is CCOC(=O)CN(Cc1cccc(NC(C)=O)c1)C(=O)C(Nc1ccc2c(N)nccc2c1)c1ccc(OCC)c(OC(C)C)c1. The van der Waals surface area contributed by atoms with E-state index in [0.717, 1.165) is 10.8 Å². The zero-order chi connectivity index (χ0) is 33.2. The summed E-state index contributed by atoms with van der Waals surface area (Å²) in [5.74, 6) is 0.303. The molecule has 1 aromatic heterocycles. The highest BCUT2D eigenvalue weighted by atomic mass is 16.5. The van der Waals surface area contributed by atoms with Crippen molar-refractivity contribution in [2.45, 2.75) is 53.3 Å². The molecule has 0 radical (unpaired) electrons. The minimum absolute atomic E-state index is 0.0789. The van der Waals surface area contributed by atoms with Gasteiger partial charge in [0.15, 0.2) is 11.5 Å². The molecule has 0 aliphatic carbocycles. The monoisotopic (exact) mass is 627 g/mol. The maximum Gasteiger partial charge on any atom is 0.325 e. The molecule has 0 saturated carbocycles. The molecule has 46 heavy (non-hydrogen) atoms. The molecule has 1 heterocycles. The van der Waals surface area contributed by atoms with Gasteiger partial charge in [-0.1, -0.05) is 18.2 Å². The maximum atomic E-state index is 14.6. The van der Waals surface area contributed by atoms with Gasteiger partial charge in [-0.2, -0.15) is 0 Å². The first-order valence-corrected chi connectivity index (χ1v) is 15.2. The molecule has 4 aromatic rings. The predicted octanol–water partition coefficient (Wildman–Crippen LogP) is 5.71. The van der Waals surface area contributed by atoms with E-state index in [0.29, 0.717) is 46.4 Å². The second kappa shape index (κ2) is 15.6. The van der Waals surface area contributed by atoms with E-state index in [4.69, 9.17) is 19.9 Å². The number of esters is 1. The number of fused-ring (bicyclic) bond motifs is 1. The van der Waals surface area contributed by atoms with Crippen molar-refractivity contribution in [2.24, 2.45) is 0 Å². The van der Waals surface area contributed by atoms with Crippen LogP contribution in [0.25, 0.3) is 10.8 Å². The van der Waals surface area contributed by atoms with E-state index in [9.17, 15) is 14.4 Å². The van der Waals surface area contributed by atoms with Crippen molar-refractivity contribution in [3.63, 3.8) is 0 Å². The smallest absolute Gasteiger partial charge is 0.325 e. The predicted molar refractivity (Wildman–Crippen MR) is 179 cm³/mol. The normalized spacial score (nSPS) is 11.5. The number of rotatable bonds is 14. The summed E-state index contributed by atoms with van der Waals surface area (Å²) in [7, 11) is 0. The number of nitrogen functional groups attached to an aromatic ring is 1. The number of nitrogens with one attached hydrogen (secondary N) is 2. The molecule has 0 fully saturated rings. The number of amides is 2. The van der Waals surface area contributed by atoms with Crippen LogP contribution in [0.1, 0.15) is 51.8 Å². The Morgan fingerprint density at radius 1 is 0.935 bits per heavy atom. The van der Waals surface area contributed by atoms with Crippen molar-refractivity contribution < 1.29 is 28.6 Å². The zero-order valence-corrected chi connectivity index (χ0v) is 26.8. The van der Waals surface area contributed by atoms with Gasteiger partial charge in [0, 0.05) is 36.4 Å². The van der Waals surface area contributed by atoms with Gasteiger partial charge in [0.25, 0.3) is 5.91 Å². The Morgan fingerprint density at radius 2 is 1.74 bits per heavy atom. The van der Waals surface area contributed by atoms with Gasteiger partial charge >= 0.3 is 5.97 Å². The lowest BCUT2D eigenvalue weighted by Gasteiger charge is -2.29. The Hall–Kier alpha value is -5.32. The first-order valence-electron chi connectivity index (χ1n) is 15.2. The molecule has 0 bridgehead atoms. The van der Waals surface area contributed by atoms with Gasteiger partial charge in [-0.25, -0.2) is 4.98 Å². The third kappa shape index (κ3) is 8.87. The first-order chi connectivity index (χ1) is 22.1. The lowest BCUT2D eigenvalue weighted by Crippen LogP contribution is -2.41. The fourth-order valence-electron chi connectivity index (χ4n) is 5.00. The highest BCUT2D eigenvalue weighted by molar-refractivity contribution is 5.94. The number of hydrogen-bond donors (Lipinski definition) is 3. The van der Waals surface area contributed by atoms with Crippen LogP contribution >= 0.6 is 0 Å². The van der Waals surface area contributed by atoms with Crippen LogP contribution in [0.4, 0.5) is 17.2 Å². The largest absolute Gasteiger partial charge is 0.490 e. The Balaban J connectivity index is 1.79. The number of carbonyl (C=O) groups excluding carboxylic acids is 3. The second-order valence-corrected chi connectivity index (χ2v) is 10.9. The molecule has 3 aromatic carbocycles. The van der Waals surface area contributed by atoms with E-state index in [1.807, 2.05) is 51.1 Å². The van der Waals surface area contributed by atoms with Gasteiger partial charge in [-0.15, -0.1) is 0 Å². The van der Waals surface area contributed by atoms with Gasteiger partial charge in [-0.3, -0.25) is 14.4 Å². The molecule has 11 nitrogen and oxygen atoms in total. The van der Waals surface area contributed by atoms with Crippen LogP contribution in [-0.4, -0.2) is 53.5 Å². The van der Waals surface area contributed by atoms with E-state index >= 15 is 0 Å². The Morgan fingerprint density at radius 3 is 2.46 bits per heavy atom. The van der Waals surface area contributed by atoms with Gasteiger partial charge in [0.1, 0.15) is 18.4 Å². The van der Waals surface area contributed by atoms with E-state index in [1.165, 1.54) is 11.8 Å². The number of aromatic nitrogens is 1. The molecule has 0 spiro atoms. The van der Waals surface area contributed by atoms with Crippen molar-refractivity contribution in [2.75, 3.05) is 36.1 Å². The van der Waals surface area contributed by atoms with Crippen LogP contribution in [0.3, 0.4) is 0 Å². The Bertz CT molecular complexity index is 1690. The minimum Gasteiger partial charge on any atom is -0.490 e. The van der Waals surface area contributed by atoms with Gasteiger partial charge in [0.2, 0.25) is 5.91 Å². The molecule has 1 unspecified atom stereocenters. The number of hydrogen-bond acceptors (Lipinski definition) is 9. The lowest BCUT2D eigenvalue weighted by atomic mass is 10.0. The number of pyridine rings is 1. The summed E-state index contributed by atoms with van der Waals surface area (Å²) in [4.78, 5) is 44.7. The number of ether oxygens (including phenoxy) is 3. The van der Waals surface area contributed by atoms with Crippen LogP contribution < -0.4 is 25.8 Å². The number of nitrogens with two attached hydrogens (primary N) is 1. The summed E-state index contributed by atoms with van der Waals surface area (Å²) >= 11 is 0. The third-order valence-corrected chi connectivity index (χ3v) is 6.87. The molecule has 11 heteroatoms. The van der Waals surface area contributed by atoms with Crippen LogP contribution in [0.5, 0.6) is 11.5 Å². The van der Waals surface area contributed by atoms with E-state index in [-0.39, 0.29) is 37.6 Å². The van der Waals surface area contributed by atoms with Crippen LogP contribution in [0, 0.1) is 0 Å². The molecule has 0 aliphatic heterocycles. The van der Waals surface area contributed by atoms with Crippen molar-refractivity contribution in [3.05, 3.63) is 84.1 Å². The molecule has 2 amide bonds. The van der Waals surface area contributed by atoms with E-state index in [2.05, 4.69) is 15.6 Å². The van der Waals surface area contributed by atoms with Gasteiger partial charge in [-0.05, 0) is 92.7 Å². The van der Waals surface area contributed by atoms with Gasteiger partial charge in [0.05, 0.1) is 19.3 Å².